The van der Waals surface area contributed by atoms with Gasteiger partial charge in [-0.3, -0.25) is 4.79 Å². The van der Waals surface area contributed by atoms with Crippen LogP contribution in [0.15, 0.2) is 0 Å². The van der Waals surface area contributed by atoms with Crippen LogP contribution in [0.2, 0.25) is 36.3 Å². The molecule has 0 spiro atoms. The molecular weight excluding hydrogens is 426 g/mol. The number of β-lactam (4-membered cyclic amide) rings is 1. The molecule has 0 aromatic rings. The van der Waals surface area contributed by atoms with Gasteiger partial charge in [0.2, 0.25) is 0 Å². The van der Waals surface area contributed by atoms with E-state index in [0.717, 1.165) is 4.90 Å². The highest BCUT2D eigenvalue weighted by molar-refractivity contribution is 6.74. The van der Waals surface area contributed by atoms with Crippen LogP contribution < -0.4 is 0 Å². The van der Waals surface area contributed by atoms with Crippen LogP contribution in [-0.2, 0) is 18.4 Å². The van der Waals surface area contributed by atoms with Crippen molar-refractivity contribution in [2.24, 2.45) is 0 Å². The first-order chi connectivity index (χ1) is 13.6. The van der Waals surface area contributed by atoms with Gasteiger partial charge in [0, 0.05) is 0 Å². The van der Waals surface area contributed by atoms with Crippen molar-refractivity contribution in [2.75, 3.05) is 6.61 Å². The van der Waals surface area contributed by atoms with Crippen molar-refractivity contribution < 1.29 is 23.2 Å². The quantitative estimate of drug-likeness (QED) is 0.307. The monoisotopic (exact) mass is 469 g/mol. The zero-order valence-electron chi connectivity index (χ0n) is 21.9. The Labute approximate surface area is 191 Å². The predicted molar refractivity (Wildman–Crippen MR) is 130 cm³/mol. The summed E-state index contributed by atoms with van der Waals surface area (Å²) < 4.78 is 17.9. The number of rotatable bonds is 4. The maximum absolute atomic E-state index is 12.9. The third-order valence-electron chi connectivity index (χ3n) is 6.43. The highest BCUT2D eigenvalue weighted by Crippen LogP contribution is 2.40. The zero-order chi connectivity index (χ0) is 24.6. The number of nitrogens with zero attached hydrogens (tertiary/aromatic N) is 1. The summed E-state index contributed by atoms with van der Waals surface area (Å²) in [5.41, 5.74) is -0.702. The fraction of sp³-hybridized carbons (Fsp3) is 0.826. The molecule has 1 fully saturated rings. The Balaban J connectivity index is 3.08. The van der Waals surface area contributed by atoms with Crippen LogP contribution in [0, 0.1) is 11.8 Å². The third-order valence-corrected chi connectivity index (χ3v) is 15.4. The number of carbonyl (C=O) groups excluding carboxylic acids is 2. The van der Waals surface area contributed by atoms with E-state index in [9.17, 15) is 9.59 Å². The largest absolute Gasteiger partial charge is 0.443 e. The van der Waals surface area contributed by atoms with E-state index in [-0.39, 0.29) is 22.6 Å². The van der Waals surface area contributed by atoms with Gasteiger partial charge in [0.05, 0.1) is 6.61 Å². The molecule has 0 radical (unpaired) electrons. The second kappa shape index (κ2) is 9.01. The van der Waals surface area contributed by atoms with Crippen LogP contribution in [0.1, 0.15) is 62.3 Å². The second-order valence-corrected chi connectivity index (χ2v) is 21.9. The molecule has 0 unspecified atom stereocenters. The molecule has 31 heavy (non-hydrogen) atoms. The molecule has 0 aromatic carbocycles. The zero-order valence-corrected chi connectivity index (χ0v) is 23.9. The van der Waals surface area contributed by atoms with Gasteiger partial charge in [-0.15, -0.1) is 0 Å². The molecule has 1 saturated heterocycles. The average Bonchev–Trinajstić information content (AvgIpc) is 2.51. The highest BCUT2D eigenvalue weighted by Gasteiger charge is 2.55. The van der Waals surface area contributed by atoms with Crippen molar-refractivity contribution in [3.63, 3.8) is 0 Å². The lowest BCUT2D eigenvalue weighted by atomic mass is 9.99. The molecule has 1 aliphatic heterocycles. The standard InChI is InChI=1S/C23H43NO5Si2/c1-21(2,3)28-20(26)24-17(15-14-16-27-30(10,11)22(4,5)6)18(19(24)25)29-31(12,13)23(7,8)9/h17-18H,16H2,1-13H3/t17-,18+/m0/s1. The molecule has 0 aromatic heterocycles. The summed E-state index contributed by atoms with van der Waals surface area (Å²) in [7, 11) is -4.16. The number of likely N-dealkylation sites (tertiary alicyclic amines) is 1. The number of ether oxygens (including phenoxy) is 1. The number of hydrogen-bond acceptors (Lipinski definition) is 5. The Kier molecular flexibility index (Phi) is 8.10. The van der Waals surface area contributed by atoms with E-state index in [4.69, 9.17) is 13.6 Å². The second-order valence-electron chi connectivity index (χ2n) is 12.3. The van der Waals surface area contributed by atoms with Gasteiger partial charge in [0.25, 0.3) is 5.91 Å². The smallest absolute Gasteiger partial charge is 0.418 e. The van der Waals surface area contributed by atoms with E-state index in [0.29, 0.717) is 0 Å². The van der Waals surface area contributed by atoms with Gasteiger partial charge in [0.15, 0.2) is 22.7 Å². The van der Waals surface area contributed by atoms with Crippen LogP contribution in [0.4, 0.5) is 4.79 Å². The molecule has 1 heterocycles. The van der Waals surface area contributed by atoms with Crippen molar-refractivity contribution in [3.8, 4) is 11.8 Å². The van der Waals surface area contributed by atoms with Gasteiger partial charge in [0.1, 0.15) is 11.6 Å². The maximum atomic E-state index is 12.9. The average molecular weight is 470 g/mol. The minimum Gasteiger partial charge on any atom is -0.443 e. The minimum atomic E-state index is -2.23. The van der Waals surface area contributed by atoms with Crippen LogP contribution in [-0.4, -0.2) is 57.9 Å². The van der Waals surface area contributed by atoms with Gasteiger partial charge in [-0.05, 0) is 57.0 Å². The van der Waals surface area contributed by atoms with Crippen LogP contribution in [0.3, 0.4) is 0 Å². The molecule has 6 nitrogen and oxygen atoms in total. The fourth-order valence-electron chi connectivity index (χ4n) is 2.31. The van der Waals surface area contributed by atoms with E-state index in [1.807, 2.05) is 0 Å². The highest BCUT2D eigenvalue weighted by atomic mass is 28.4. The Morgan fingerprint density at radius 3 is 1.84 bits per heavy atom. The van der Waals surface area contributed by atoms with E-state index in [1.54, 1.807) is 20.8 Å². The molecule has 2 atom stereocenters. The molecule has 1 aliphatic rings. The van der Waals surface area contributed by atoms with Crippen LogP contribution in [0.25, 0.3) is 0 Å². The Hall–Kier alpha value is -1.15. The first kappa shape index (κ1) is 27.9. The summed E-state index contributed by atoms with van der Waals surface area (Å²) in [5, 5.41) is 0.0146. The minimum absolute atomic E-state index is 0.0664. The summed E-state index contributed by atoms with van der Waals surface area (Å²) >= 11 is 0. The maximum Gasteiger partial charge on any atom is 0.418 e. The molecule has 0 saturated carbocycles. The Morgan fingerprint density at radius 2 is 1.42 bits per heavy atom. The first-order valence-electron chi connectivity index (χ1n) is 11.0. The summed E-state index contributed by atoms with van der Waals surface area (Å²) in [6.07, 6.45) is -1.44. The van der Waals surface area contributed by atoms with Crippen molar-refractivity contribution in [2.45, 2.75) is 116 Å². The molecule has 0 aliphatic carbocycles. The molecular formula is C23H43NO5Si2. The van der Waals surface area contributed by atoms with Gasteiger partial charge < -0.3 is 13.6 Å². The lowest BCUT2D eigenvalue weighted by molar-refractivity contribution is -0.157. The van der Waals surface area contributed by atoms with E-state index in [1.165, 1.54) is 0 Å². The molecule has 178 valence electrons. The Bertz CT molecular complexity index is 745. The van der Waals surface area contributed by atoms with Gasteiger partial charge in [-0.1, -0.05) is 53.4 Å². The molecule has 8 heteroatoms. The predicted octanol–water partition coefficient (Wildman–Crippen LogP) is 5.55. The molecule has 1 rings (SSSR count). The van der Waals surface area contributed by atoms with Gasteiger partial charge in [-0.25, -0.2) is 9.69 Å². The van der Waals surface area contributed by atoms with Crippen molar-refractivity contribution in [1.82, 2.24) is 4.90 Å². The summed E-state index contributed by atoms with van der Waals surface area (Å²) in [6, 6.07) is -0.667. The van der Waals surface area contributed by atoms with E-state index < -0.39 is 40.5 Å². The number of carbonyl (C=O) groups is 2. The van der Waals surface area contributed by atoms with Crippen molar-refractivity contribution in [3.05, 3.63) is 0 Å². The lowest BCUT2D eigenvalue weighted by Gasteiger charge is -2.47. The van der Waals surface area contributed by atoms with Gasteiger partial charge >= 0.3 is 6.09 Å². The molecule has 0 N–H and O–H groups in total. The Morgan fingerprint density at radius 1 is 0.935 bits per heavy atom. The summed E-state index contributed by atoms with van der Waals surface area (Å²) in [5.74, 6) is 5.71. The molecule has 0 bridgehead atoms. The lowest BCUT2D eigenvalue weighted by Crippen LogP contribution is -2.69. The summed E-state index contributed by atoms with van der Waals surface area (Å²) in [6.45, 7) is 26.9. The van der Waals surface area contributed by atoms with Gasteiger partial charge in [-0.2, -0.15) is 0 Å². The fourth-order valence-corrected chi connectivity index (χ4v) is 4.39. The normalized spacial score (nSPS) is 20.7. The van der Waals surface area contributed by atoms with E-state index >= 15 is 0 Å². The molecule has 2 amide bonds. The SMILES string of the molecule is CC(C)(C)OC(=O)N1C(=O)[C@H](O[Si](C)(C)C(C)(C)C)[C@@H]1C#CCO[Si](C)(C)C(C)(C)C. The number of hydrogen-bond donors (Lipinski definition) is 0. The van der Waals surface area contributed by atoms with Crippen LogP contribution >= 0.6 is 0 Å². The third kappa shape index (κ3) is 6.92. The van der Waals surface area contributed by atoms with Crippen LogP contribution in [0.5, 0.6) is 0 Å². The first-order valence-corrected chi connectivity index (χ1v) is 16.8. The van der Waals surface area contributed by atoms with E-state index in [2.05, 4.69) is 79.6 Å². The number of imide groups is 1. The summed E-state index contributed by atoms with van der Waals surface area (Å²) in [4.78, 5) is 26.6. The van der Waals surface area contributed by atoms with Crippen molar-refractivity contribution >= 4 is 28.6 Å². The van der Waals surface area contributed by atoms with Crippen molar-refractivity contribution in [1.29, 1.82) is 0 Å². The topological polar surface area (TPSA) is 65.1 Å². The number of amides is 2.